The largest absolute Gasteiger partial charge is 0.491 e. The van der Waals surface area contributed by atoms with Crippen molar-refractivity contribution >= 4 is 5.91 Å². The van der Waals surface area contributed by atoms with Crippen LogP contribution in [0.3, 0.4) is 0 Å². The number of amides is 1. The first-order chi connectivity index (χ1) is 9.70. The Morgan fingerprint density at radius 2 is 2.35 bits per heavy atom. The summed E-state index contributed by atoms with van der Waals surface area (Å²) in [6.45, 7) is 2.74. The van der Waals surface area contributed by atoms with E-state index in [0.717, 1.165) is 26.1 Å². The molecule has 108 valence electrons. The van der Waals surface area contributed by atoms with Gasteiger partial charge < -0.3 is 19.5 Å². The Hall–Kier alpha value is -1.82. The fraction of sp³-hybridized carbons (Fsp3) is 0.571. The Morgan fingerprint density at radius 3 is 3.15 bits per heavy atom. The molecule has 20 heavy (non-hydrogen) atoms. The number of ether oxygens (including phenoxy) is 1. The van der Waals surface area contributed by atoms with Crippen LogP contribution in [0.4, 0.5) is 0 Å². The van der Waals surface area contributed by atoms with Crippen molar-refractivity contribution < 1.29 is 9.53 Å². The van der Waals surface area contributed by atoms with Gasteiger partial charge in [0.15, 0.2) is 5.75 Å². The van der Waals surface area contributed by atoms with Gasteiger partial charge in [-0.25, -0.2) is 0 Å². The standard InChI is InChI=1S/C14H19N3O3/c1-20-12-3-2-5-16(14(12)19)9-13(18)17-6-4-10-7-15-8-11(10)17/h2-3,5,10-11,15H,4,6-9H2,1H3. The molecule has 3 heterocycles. The summed E-state index contributed by atoms with van der Waals surface area (Å²) >= 11 is 0. The number of hydrogen-bond acceptors (Lipinski definition) is 4. The quantitative estimate of drug-likeness (QED) is 0.822. The predicted octanol–water partition coefficient (Wildman–Crippen LogP) is -0.323. The van der Waals surface area contributed by atoms with E-state index in [1.165, 1.54) is 11.7 Å². The number of rotatable bonds is 3. The fourth-order valence-corrected chi connectivity index (χ4v) is 3.19. The van der Waals surface area contributed by atoms with E-state index in [1.807, 2.05) is 4.90 Å². The molecule has 2 aliphatic heterocycles. The van der Waals surface area contributed by atoms with Crippen molar-refractivity contribution in [2.45, 2.75) is 19.0 Å². The topological polar surface area (TPSA) is 63.6 Å². The van der Waals surface area contributed by atoms with Crippen LogP contribution in [0.1, 0.15) is 6.42 Å². The number of carbonyl (C=O) groups is 1. The molecule has 2 atom stereocenters. The highest BCUT2D eigenvalue weighted by Gasteiger charge is 2.39. The maximum absolute atomic E-state index is 12.4. The van der Waals surface area contributed by atoms with Crippen molar-refractivity contribution in [3.05, 3.63) is 28.7 Å². The maximum atomic E-state index is 12.4. The minimum Gasteiger partial charge on any atom is -0.491 e. The van der Waals surface area contributed by atoms with Crippen molar-refractivity contribution in [1.82, 2.24) is 14.8 Å². The zero-order chi connectivity index (χ0) is 14.1. The molecule has 2 unspecified atom stereocenters. The van der Waals surface area contributed by atoms with Crippen molar-refractivity contribution in [2.24, 2.45) is 5.92 Å². The molecule has 0 aromatic carbocycles. The van der Waals surface area contributed by atoms with Crippen molar-refractivity contribution in [3.8, 4) is 5.75 Å². The molecule has 2 saturated heterocycles. The van der Waals surface area contributed by atoms with Gasteiger partial charge >= 0.3 is 0 Å². The Morgan fingerprint density at radius 1 is 1.50 bits per heavy atom. The normalized spacial score (nSPS) is 24.8. The lowest BCUT2D eigenvalue weighted by Crippen LogP contribution is -2.42. The van der Waals surface area contributed by atoms with Gasteiger partial charge in [-0.3, -0.25) is 9.59 Å². The van der Waals surface area contributed by atoms with Gasteiger partial charge in [0, 0.05) is 31.9 Å². The Labute approximate surface area is 117 Å². The first-order valence-corrected chi connectivity index (χ1v) is 6.94. The van der Waals surface area contributed by atoms with Crippen LogP contribution >= 0.6 is 0 Å². The molecule has 2 fully saturated rings. The molecule has 0 radical (unpaired) electrons. The number of likely N-dealkylation sites (tertiary alicyclic amines) is 1. The summed E-state index contributed by atoms with van der Waals surface area (Å²) in [6, 6.07) is 3.62. The smallest absolute Gasteiger partial charge is 0.293 e. The second kappa shape index (κ2) is 5.28. The summed E-state index contributed by atoms with van der Waals surface area (Å²) in [4.78, 5) is 26.4. The van der Waals surface area contributed by atoms with E-state index in [4.69, 9.17) is 4.74 Å². The maximum Gasteiger partial charge on any atom is 0.293 e. The molecule has 0 saturated carbocycles. The Balaban J connectivity index is 1.75. The van der Waals surface area contributed by atoms with Crippen LogP contribution in [-0.4, -0.2) is 48.2 Å². The van der Waals surface area contributed by atoms with E-state index < -0.39 is 0 Å². The van der Waals surface area contributed by atoms with Gasteiger partial charge in [-0.05, 0) is 24.5 Å². The number of pyridine rings is 1. The van der Waals surface area contributed by atoms with Crippen molar-refractivity contribution in [1.29, 1.82) is 0 Å². The number of methoxy groups -OCH3 is 1. The van der Waals surface area contributed by atoms with Gasteiger partial charge in [-0.1, -0.05) is 0 Å². The summed E-state index contributed by atoms with van der Waals surface area (Å²) < 4.78 is 6.41. The molecule has 0 spiro atoms. The third-order valence-corrected chi connectivity index (χ3v) is 4.28. The first-order valence-electron chi connectivity index (χ1n) is 6.94. The van der Waals surface area contributed by atoms with Crippen molar-refractivity contribution in [2.75, 3.05) is 26.7 Å². The summed E-state index contributed by atoms with van der Waals surface area (Å²) in [5, 5.41) is 3.32. The second-order valence-electron chi connectivity index (χ2n) is 5.37. The molecular weight excluding hydrogens is 258 g/mol. The highest BCUT2D eigenvalue weighted by molar-refractivity contribution is 5.76. The van der Waals surface area contributed by atoms with Crippen LogP contribution in [-0.2, 0) is 11.3 Å². The molecule has 2 aliphatic rings. The second-order valence-corrected chi connectivity index (χ2v) is 5.37. The number of aromatic nitrogens is 1. The van der Waals surface area contributed by atoms with Gasteiger partial charge in [0.25, 0.3) is 5.56 Å². The number of hydrogen-bond donors (Lipinski definition) is 1. The molecule has 6 heteroatoms. The molecule has 1 aromatic heterocycles. The molecule has 3 rings (SSSR count). The van der Waals surface area contributed by atoms with Crippen LogP contribution in [0.25, 0.3) is 0 Å². The van der Waals surface area contributed by atoms with E-state index in [-0.39, 0.29) is 23.8 Å². The lowest BCUT2D eigenvalue weighted by atomic mass is 10.1. The lowest BCUT2D eigenvalue weighted by molar-refractivity contribution is -0.132. The molecule has 6 nitrogen and oxygen atoms in total. The predicted molar refractivity (Wildman–Crippen MR) is 73.7 cm³/mol. The van der Waals surface area contributed by atoms with E-state index in [1.54, 1.807) is 18.3 Å². The van der Waals surface area contributed by atoms with Crippen LogP contribution < -0.4 is 15.6 Å². The number of carbonyl (C=O) groups excluding carboxylic acids is 1. The minimum absolute atomic E-state index is 0.0107. The van der Waals surface area contributed by atoms with Gasteiger partial charge in [-0.2, -0.15) is 0 Å². The summed E-state index contributed by atoms with van der Waals surface area (Å²) in [5.41, 5.74) is -0.261. The molecule has 0 aliphatic carbocycles. The molecule has 0 bridgehead atoms. The third-order valence-electron chi connectivity index (χ3n) is 4.28. The van der Waals surface area contributed by atoms with E-state index in [2.05, 4.69) is 5.32 Å². The number of nitrogens with zero attached hydrogens (tertiary/aromatic N) is 2. The summed E-state index contributed by atoms with van der Waals surface area (Å²) in [5.74, 6) is 0.847. The molecule has 1 N–H and O–H groups in total. The highest BCUT2D eigenvalue weighted by Crippen LogP contribution is 2.27. The van der Waals surface area contributed by atoms with Gasteiger partial charge in [-0.15, -0.1) is 0 Å². The van der Waals surface area contributed by atoms with Gasteiger partial charge in [0.1, 0.15) is 6.54 Å². The molecule has 1 amide bonds. The average Bonchev–Trinajstić information content (AvgIpc) is 3.03. The van der Waals surface area contributed by atoms with Crippen molar-refractivity contribution in [3.63, 3.8) is 0 Å². The monoisotopic (exact) mass is 277 g/mol. The molecule has 1 aromatic rings. The van der Waals surface area contributed by atoms with Gasteiger partial charge in [0.05, 0.1) is 7.11 Å². The van der Waals surface area contributed by atoms with Crippen LogP contribution in [0.15, 0.2) is 23.1 Å². The average molecular weight is 277 g/mol. The fourth-order valence-electron chi connectivity index (χ4n) is 3.19. The number of fused-ring (bicyclic) bond motifs is 1. The minimum atomic E-state index is -0.261. The molecular formula is C14H19N3O3. The van der Waals surface area contributed by atoms with E-state index in [9.17, 15) is 9.59 Å². The summed E-state index contributed by atoms with van der Waals surface area (Å²) in [6.07, 6.45) is 2.68. The van der Waals surface area contributed by atoms with Crippen LogP contribution in [0, 0.1) is 5.92 Å². The van der Waals surface area contributed by atoms with E-state index in [0.29, 0.717) is 12.0 Å². The zero-order valence-electron chi connectivity index (χ0n) is 11.5. The Bertz CT molecular complexity index is 569. The SMILES string of the molecule is COc1cccn(CC(=O)N2CCC3CNCC32)c1=O. The third kappa shape index (κ3) is 2.20. The first kappa shape index (κ1) is 13.2. The van der Waals surface area contributed by atoms with Crippen LogP contribution in [0.5, 0.6) is 5.75 Å². The number of nitrogens with one attached hydrogen (secondary N) is 1. The van der Waals surface area contributed by atoms with Crippen LogP contribution in [0.2, 0.25) is 0 Å². The van der Waals surface area contributed by atoms with Gasteiger partial charge in [0.2, 0.25) is 5.91 Å². The summed E-state index contributed by atoms with van der Waals surface area (Å²) in [7, 11) is 1.46. The van der Waals surface area contributed by atoms with E-state index >= 15 is 0 Å². The zero-order valence-corrected chi connectivity index (χ0v) is 11.5. The Kier molecular flexibility index (Phi) is 3.48. The lowest BCUT2D eigenvalue weighted by Gasteiger charge is -2.23. The highest BCUT2D eigenvalue weighted by atomic mass is 16.5.